The number of hydrogen-bond acceptors (Lipinski definition) is 2. The molecule has 1 fully saturated rings. The molecule has 1 aromatic rings. The van der Waals surface area contributed by atoms with Crippen LogP contribution in [0, 0.1) is 11.7 Å². The minimum atomic E-state index is -0.161. The number of nitrogens with two attached hydrogens (primary N) is 1. The van der Waals surface area contributed by atoms with Gasteiger partial charge in [0.25, 0.3) is 0 Å². The highest BCUT2D eigenvalue weighted by Crippen LogP contribution is 2.15. The molecule has 17 heavy (non-hydrogen) atoms. The Kier molecular flexibility index (Phi) is 4.13. The first-order valence-corrected chi connectivity index (χ1v) is 6.37. The van der Waals surface area contributed by atoms with Gasteiger partial charge in [0.1, 0.15) is 5.82 Å². The summed E-state index contributed by atoms with van der Waals surface area (Å²) < 4.78 is 12.8. The maximum atomic E-state index is 12.8. The molecule has 0 radical (unpaired) electrons. The predicted octanol–water partition coefficient (Wildman–Crippen LogP) is 2.04. The van der Waals surface area contributed by atoms with E-state index in [9.17, 15) is 4.39 Å². The van der Waals surface area contributed by atoms with Crippen LogP contribution in [0.4, 0.5) is 4.39 Å². The predicted molar refractivity (Wildman–Crippen MR) is 68.3 cm³/mol. The van der Waals surface area contributed by atoms with E-state index in [4.69, 9.17) is 5.73 Å². The zero-order valence-corrected chi connectivity index (χ0v) is 10.4. The van der Waals surface area contributed by atoms with Gasteiger partial charge < -0.3 is 10.6 Å². The third-order valence-electron chi connectivity index (χ3n) is 3.69. The number of nitrogens with zero attached hydrogens (tertiary/aromatic N) is 1. The molecular formula is C14H21FN2. The minimum Gasteiger partial charge on any atom is -0.327 e. The first-order valence-electron chi connectivity index (χ1n) is 6.37. The molecule has 1 aliphatic heterocycles. The Morgan fingerprint density at radius 1 is 1.35 bits per heavy atom. The molecule has 1 aliphatic rings. The molecular weight excluding hydrogens is 215 g/mol. The molecule has 0 aliphatic carbocycles. The van der Waals surface area contributed by atoms with E-state index in [2.05, 4.69) is 11.8 Å². The van der Waals surface area contributed by atoms with Crippen LogP contribution in [0.2, 0.25) is 0 Å². The molecule has 2 N–H and O–H groups in total. The van der Waals surface area contributed by atoms with Crippen LogP contribution in [0.1, 0.15) is 18.9 Å². The molecule has 2 atom stereocenters. The van der Waals surface area contributed by atoms with Crippen molar-refractivity contribution in [2.45, 2.75) is 25.8 Å². The lowest BCUT2D eigenvalue weighted by Crippen LogP contribution is -2.46. The highest BCUT2D eigenvalue weighted by Gasteiger charge is 2.22. The summed E-state index contributed by atoms with van der Waals surface area (Å²) >= 11 is 0. The Bertz CT molecular complexity index is 350. The summed E-state index contributed by atoms with van der Waals surface area (Å²) in [5.41, 5.74) is 7.20. The van der Waals surface area contributed by atoms with E-state index in [-0.39, 0.29) is 5.82 Å². The zero-order chi connectivity index (χ0) is 12.3. The lowest BCUT2D eigenvalue weighted by atomic mass is 9.94. The molecule has 0 saturated carbocycles. The second kappa shape index (κ2) is 5.61. The number of likely N-dealkylation sites (tertiary alicyclic amines) is 1. The van der Waals surface area contributed by atoms with Crippen molar-refractivity contribution in [3.63, 3.8) is 0 Å². The fourth-order valence-electron chi connectivity index (χ4n) is 2.39. The standard InChI is InChI=1S/C14H21FN2/c1-11-10-17(9-7-14(11)16)8-6-12-2-4-13(15)5-3-12/h2-5,11,14H,6-10,16H2,1H3. The van der Waals surface area contributed by atoms with Crippen molar-refractivity contribution in [1.82, 2.24) is 4.90 Å². The SMILES string of the molecule is CC1CN(CCc2ccc(F)cc2)CCC1N. The largest absolute Gasteiger partial charge is 0.327 e. The van der Waals surface area contributed by atoms with Gasteiger partial charge in [0.15, 0.2) is 0 Å². The second-order valence-electron chi connectivity index (χ2n) is 5.11. The lowest BCUT2D eigenvalue weighted by Gasteiger charge is -2.35. The van der Waals surface area contributed by atoms with Crippen molar-refractivity contribution < 1.29 is 4.39 Å². The monoisotopic (exact) mass is 236 g/mol. The summed E-state index contributed by atoms with van der Waals surface area (Å²) in [6.45, 7) is 5.44. The highest BCUT2D eigenvalue weighted by atomic mass is 19.1. The Labute approximate surface area is 103 Å². The van der Waals surface area contributed by atoms with Gasteiger partial charge in [0.2, 0.25) is 0 Å². The minimum absolute atomic E-state index is 0.161. The van der Waals surface area contributed by atoms with Gasteiger partial charge in [-0.15, -0.1) is 0 Å². The molecule has 1 saturated heterocycles. The Balaban J connectivity index is 1.80. The fourth-order valence-corrected chi connectivity index (χ4v) is 2.39. The molecule has 0 aromatic heterocycles. The van der Waals surface area contributed by atoms with E-state index in [1.165, 1.54) is 17.7 Å². The topological polar surface area (TPSA) is 29.3 Å². The third kappa shape index (κ3) is 3.51. The van der Waals surface area contributed by atoms with Crippen molar-refractivity contribution in [3.05, 3.63) is 35.6 Å². The molecule has 0 spiro atoms. The van der Waals surface area contributed by atoms with Crippen LogP contribution in [0.25, 0.3) is 0 Å². The average Bonchev–Trinajstić information content (AvgIpc) is 2.33. The second-order valence-corrected chi connectivity index (χ2v) is 5.11. The van der Waals surface area contributed by atoms with Gasteiger partial charge in [-0.05, 0) is 43.0 Å². The summed E-state index contributed by atoms with van der Waals surface area (Å²) in [4.78, 5) is 2.46. The summed E-state index contributed by atoms with van der Waals surface area (Å²) in [6.07, 6.45) is 2.08. The molecule has 0 amide bonds. The van der Waals surface area contributed by atoms with E-state index >= 15 is 0 Å². The molecule has 94 valence electrons. The lowest BCUT2D eigenvalue weighted by molar-refractivity contribution is 0.166. The van der Waals surface area contributed by atoms with Crippen LogP contribution >= 0.6 is 0 Å². The van der Waals surface area contributed by atoms with E-state index < -0.39 is 0 Å². The fraction of sp³-hybridized carbons (Fsp3) is 0.571. The Morgan fingerprint density at radius 2 is 2.06 bits per heavy atom. The van der Waals surface area contributed by atoms with Crippen molar-refractivity contribution in [3.8, 4) is 0 Å². The maximum Gasteiger partial charge on any atom is 0.123 e. The quantitative estimate of drug-likeness (QED) is 0.870. The molecule has 0 bridgehead atoms. The van der Waals surface area contributed by atoms with Crippen LogP contribution in [0.15, 0.2) is 24.3 Å². The maximum absolute atomic E-state index is 12.8. The van der Waals surface area contributed by atoms with Crippen molar-refractivity contribution in [1.29, 1.82) is 0 Å². The van der Waals surface area contributed by atoms with Crippen LogP contribution in [0.5, 0.6) is 0 Å². The van der Waals surface area contributed by atoms with Gasteiger partial charge in [-0.2, -0.15) is 0 Å². The normalized spacial score (nSPS) is 26.1. The number of halogens is 1. The summed E-state index contributed by atoms with van der Waals surface area (Å²) in [5.74, 6) is 0.420. The van der Waals surface area contributed by atoms with Crippen LogP contribution in [-0.2, 0) is 6.42 Å². The molecule has 1 aromatic carbocycles. The number of benzene rings is 1. The zero-order valence-electron chi connectivity index (χ0n) is 10.4. The van der Waals surface area contributed by atoms with Crippen molar-refractivity contribution >= 4 is 0 Å². The van der Waals surface area contributed by atoms with Gasteiger partial charge in [0, 0.05) is 19.1 Å². The molecule has 2 unspecified atom stereocenters. The molecule has 1 heterocycles. The molecule has 3 heteroatoms. The first-order chi connectivity index (χ1) is 8.15. The van der Waals surface area contributed by atoms with Gasteiger partial charge in [0.05, 0.1) is 0 Å². The number of rotatable bonds is 3. The van der Waals surface area contributed by atoms with Crippen LogP contribution < -0.4 is 5.73 Å². The molecule has 2 rings (SSSR count). The van der Waals surface area contributed by atoms with Crippen LogP contribution in [-0.4, -0.2) is 30.6 Å². The van der Waals surface area contributed by atoms with Crippen molar-refractivity contribution in [2.75, 3.05) is 19.6 Å². The Hall–Kier alpha value is -0.930. The van der Waals surface area contributed by atoms with Gasteiger partial charge in [-0.1, -0.05) is 19.1 Å². The van der Waals surface area contributed by atoms with E-state index in [0.717, 1.165) is 32.5 Å². The average molecular weight is 236 g/mol. The smallest absolute Gasteiger partial charge is 0.123 e. The van der Waals surface area contributed by atoms with E-state index in [0.29, 0.717) is 12.0 Å². The number of piperidine rings is 1. The first kappa shape index (κ1) is 12.5. The van der Waals surface area contributed by atoms with E-state index in [1.54, 1.807) is 0 Å². The van der Waals surface area contributed by atoms with Crippen LogP contribution in [0.3, 0.4) is 0 Å². The third-order valence-corrected chi connectivity index (χ3v) is 3.69. The van der Waals surface area contributed by atoms with Crippen molar-refractivity contribution in [2.24, 2.45) is 11.7 Å². The van der Waals surface area contributed by atoms with Gasteiger partial charge in [-0.25, -0.2) is 4.39 Å². The highest BCUT2D eigenvalue weighted by molar-refractivity contribution is 5.16. The van der Waals surface area contributed by atoms with Gasteiger partial charge >= 0.3 is 0 Å². The Morgan fingerprint density at radius 3 is 2.71 bits per heavy atom. The summed E-state index contributed by atoms with van der Waals surface area (Å²) in [7, 11) is 0. The molecule has 2 nitrogen and oxygen atoms in total. The summed E-state index contributed by atoms with van der Waals surface area (Å²) in [5, 5.41) is 0. The number of hydrogen-bond donors (Lipinski definition) is 1. The van der Waals surface area contributed by atoms with E-state index in [1.807, 2.05) is 12.1 Å². The van der Waals surface area contributed by atoms with Gasteiger partial charge in [-0.3, -0.25) is 0 Å². The summed E-state index contributed by atoms with van der Waals surface area (Å²) in [6, 6.07) is 7.16.